The lowest BCUT2D eigenvalue weighted by Crippen LogP contribution is -2.16. The van der Waals surface area contributed by atoms with Crippen molar-refractivity contribution < 1.29 is 4.92 Å². The van der Waals surface area contributed by atoms with Crippen LogP contribution in [0.4, 0.5) is 11.9 Å². The lowest BCUT2D eigenvalue weighted by atomic mass is 10.9. The van der Waals surface area contributed by atoms with E-state index in [2.05, 4.69) is 9.97 Å². The van der Waals surface area contributed by atoms with Crippen molar-refractivity contribution in [1.29, 1.82) is 0 Å². The van der Waals surface area contributed by atoms with Crippen LogP contribution in [0.1, 0.15) is 0 Å². The Balaban J connectivity index is 3.30. The van der Waals surface area contributed by atoms with Gasteiger partial charge in [-0.3, -0.25) is 0 Å². The summed E-state index contributed by atoms with van der Waals surface area (Å²) in [5, 5.41) is 9.99. The molecule has 3 N–H and O–H groups in total. The van der Waals surface area contributed by atoms with E-state index >= 15 is 0 Å². The first kappa shape index (κ1) is 7.12. The number of anilines is 1. The third kappa shape index (κ3) is 1.47. The van der Waals surface area contributed by atoms with Crippen LogP contribution in [-0.2, 0) is 0 Å². The molecule has 11 heavy (non-hydrogen) atoms. The summed E-state index contributed by atoms with van der Waals surface area (Å²) >= 11 is 0. The summed E-state index contributed by atoms with van der Waals surface area (Å²) in [7, 11) is 0. The molecule has 58 valence electrons. The van der Waals surface area contributed by atoms with Gasteiger partial charge in [-0.1, -0.05) is 0 Å². The van der Waals surface area contributed by atoms with Crippen molar-refractivity contribution >= 4 is 11.9 Å². The molecule has 0 saturated heterocycles. The highest BCUT2D eigenvalue weighted by atomic mass is 16.6. The third-order valence-electron chi connectivity index (χ3n) is 0.828. The molecule has 0 aliphatic heterocycles. The van der Waals surface area contributed by atoms with Crippen LogP contribution in [0.2, 0.25) is 0 Å². The standard InChI is InChI=1S/C3H3N5O3/c4-1-5-2(8(10)11)7-3(9)6-1/h(H3,4,5,6,7,9). The van der Waals surface area contributed by atoms with Gasteiger partial charge in [0.05, 0.1) is 0 Å². The highest BCUT2D eigenvalue weighted by Gasteiger charge is 2.09. The Hall–Kier alpha value is -1.99. The van der Waals surface area contributed by atoms with Crippen LogP contribution < -0.4 is 11.4 Å². The number of hydrogen-bond donors (Lipinski definition) is 2. The van der Waals surface area contributed by atoms with Crippen molar-refractivity contribution in [2.24, 2.45) is 0 Å². The Kier molecular flexibility index (Phi) is 1.51. The second kappa shape index (κ2) is 2.33. The van der Waals surface area contributed by atoms with Crippen LogP contribution in [0.5, 0.6) is 0 Å². The van der Waals surface area contributed by atoms with Gasteiger partial charge in [0.25, 0.3) is 0 Å². The first-order valence-corrected chi connectivity index (χ1v) is 2.48. The first-order valence-electron chi connectivity index (χ1n) is 2.48. The molecule has 1 rings (SSSR count). The maximum Gasteiger partial charge on any atom is 0.439 e. The van der Waals surface area contributed by atoms with Gasteiger partial charge in [0.2, 0.25) is 0 Å². The van der Waals surface area contributed by atoms with Gasteiger partial charge < -0.3 is 15.8 Å². The van der Waals surface area contributed by atoms with Gasteiger partial charge in [0, 0.05) is 0 Å². The van der Waals surface area contributed by atoms with E-state index < -0.39 is 22.5 Å². The van der Waals surface area contributed by atoms with Crippen molar-refractivity contribution in [3.63, 3.8) is 0 Å². The van der Waals surface area contributed by atoms with E-state index in [1.807, 2.05) is 0 Å². The minimum Gasteiger partial charge on any atom is -0.390 e. The largest absolute Gasteiger partial charge is 0.439 e. The SMILES string of the molecule is Nc1nc([N+](=O)[O-])[nH]c(=O)n1. The van der Waals surface area contributed by atoms with Crippen LogP contribution in [0.15, 0.2) is 4.79 Å². The van der Waals surface area contributed by atoms with E-state index in [1.54, 1.807) is 4.98 Å². The molecule has 0 aliphatic rings. The Labute approximate surface area is 59.2 Å². The Morgan fingerprint density at radius 2 is 2.18 bits per heavy atom. The smallest absolute Gasteiger partial charge is 0.390 e. The minimum atomic E-state index is -0.885. The topological polar surface area (TPSA) is 128 Å². The molecule has 0 unspecified atom stereocenters. The van der Waals surface area contributed by atoms with Gasteiger partial charge in [-0.15, -0.1) is 4.98 Å². The number of H-pyrrole nitrogens is 1. The number of nitrogen functional groups attached to an aromatic ring is 1. The van der Waals surface area contributed by atoms with Crippen molar-refractivity contribution in [1.82, 2.24) is 15.0 Å². The molecule has 8 nitrogen and oxygen atoms in total. The summed E-state index contributed by atoms with van der Waals surface area (Å²) in [5.41, 5.74) is 4.07. The third-order valence-corrected chi connectivity index (χ3v) is 0.828. The molecular formula is C3H3N5O3. The van der Waals surface area contributed by atoms with E-state index in [0.717, 1.165) is 0 Å². The van der Waals surface area contributed by atoms with Crippen LogP contribution in [0.3, 0.4) is 0 Å². The first-order chi connectivity index (χ1) is 5.09. The van der Waals surface area contributed by atoms with Crippen LogP contribution in [-0.4, -0.2) is 19.9 Å². The molecule has 0 aromatic carbocycles. The Bertz CT molecular complexity index is 343. The molecule has 0 amide bonds. The molecule has 8 heteroatoms. The predicted molar refractivity (Wildman–Crippen MR) is 33.7 cm³/mol. The maximum absolute atomic E-state index is 10.4. The van der Waals surface area contributed by atoms with Crippen LogP contribution >= 0.6 is 0 Å². The predicted octanol–water partition coefficient (Wildman–Crippen LogP) is -1.34. The zero-order valence-corrected chi connectivity index (χ0v) is 5.14. The van der Waals surface area contributed by atoms with Gasteiger partial charge in [-0.05, 0) is 9.91 Å². The van der Waals surface area contributed by atoms with Crippen molar-refractivity contribution in [2.45, 2.75) is 0 Å². The molecule has 0 saturated carbocycles. The molecule has 0 atom stereocenters. The lowest BCUT2D eigenvalue weighted by Gasteiger charge is -1.90. The molecular weight excluding hydrogens is 154 g/mol. The number of rotatable bonds is 1. The molecule has 1 heterocycles. The number of aromatic amines is 1. The lowest BCUT2D eigenvalue weighted by molar-refractivity contribution is -0.394. The Morgan fingerprint density at radius 1 is 1.55 bits per heavy atom. The maximum atomic E-state index is 10.4. The number of hydrogen-bond acceptors (Lipinski definition) is 6. The average molecular weight is 157 g/mol. The van der Waals surface area contributed by atoms with Gasteiger partial charge in [-0.2, -0.15) is 4.98 Å². The van der Waals surface area contributed by atoms with Crippen molar-refractivity contribution in [3.05, 3.63) is 20.6 Å². The summed E-state index contributed by atoms with van der Waals surface area (Å²) in [6.45, 7) is 0. The second-order valence-electron chi connectivity index (χ2n) is 1.59. The molecule has 0 radical (unpaired) electrons. The number of nitrogens with one attached hydrogen (secondary N) is 1. The van der Waals surface area contributed by atoms with Crippen molar-refractivity contribution in [3.8, 4) is 0 Å². The highest BCUT2D eigenvalue weighted by molar-refractivity contribution is 5.17. The average Bonchev–Trinajstić information content (AvgIpc) is 1.85. The summed E-state index contributed by atoms with van der Waals surface area (Å²) in [6, 6.07) is 0. The number of nitrogens with zero attached hydrogens (tertiary/aromatic N) is 3. The summed E-state index contributed by atoms with van der Waals surface area (Å²) < 4.78 is 0. The number of nitrogens with two attached hydrogens (primary N) is 1. The fourth-order valence-corrected chi connectivity index (χ4v) is 0.476. The zero-order chi connectivity index (χ0) is 8.43. The van der Waals surface area contributed by atoms with Gasteiger partial charge in [-0.25, -0.2) is 4.79 Å². The normalized spacial score (nSPS) is 9.45. The van der Waals surface area contributed by atoms with Crippen LogP contribution in [0.25, 0.3) is 0 Å². The number of nitro groups is 1. The number of aromatic nitrogens is 3. The summed E-state index contributed by atoms with van der Waals surface area (Å²) in [4.78, 5) is 27.6. The molecule has 0 aliphatic carbocycles. The van der Waals surface area contributed by atoms with Gasteiger partial charge in [0.15, 0.2) is 0 Å². The molecule has 0 spiro atoms. The minimum absolute atomic E-state index is 0.416. The molecule has 0 bridgehead atoms. The van der Waals surface area contributed by atoms with E-state index in [-0.39, 0.29) is 0 Å². The van der Waals surface area contributed by atoms with Crippen LogP contribution in [0, 0.1) is 10.1 Å². The highest BCUT2D eigenvalue weighted by Crippen LogP contribution is 1.96. The van der Waals surface area contributed by atoms with E-state index in [4.69, 9.17) is 5.73 Å². The second-order valence-corrected chi connectivity index (χ2v) is 1.59. The fraction of sp³-hybridized carbons (Fsp3) is 0. The van der Waals surface area contributed by atoms with Gasteiger partial charge >= 0.3 is 17.6 Å². The summed E-state index contributed by atoms with van der Waals surface area (Å²) in [5.74, 6) is -1.12. The quantitative estimate of drug-likeness (QED) is 0.383. The van der Waals surface area contributed by atoms with E-state index in [9.17, 15) is 14.9 Å². The van der Waals surface area contributed by atoms with Crippen molar-refractivity contribution in [2.75, 3.05) is 5.73 Å². The molecule has 1 aromatic heterocycles. The monoisotopic (exact) mass is 157 g/mol. The van der Waals surface area contributed by atoms with E-state index in [0.29, 0.717) is 0 Å². The fourth-order valence-electron chi connectivity index (χ4n) is 0.476. The Morgan fingerprint density at radius 3 is 2.64 bits per heavy atom. The van der Waals surface area contributed by atoms with E-state index in [1.165, 1.54) is 0 Å². The molecule has 0 fully saturated rings. The summed E-state index contributed by atoms with van der Waals surface area (Å²) in [6.07, 6.45) is 0. The molecule has 1 aromatic rings. The zero-order valence-electron chi connectivity index (χ0n) is 5.14. The van der Waals surface area contributed by atoms with Gasteiger partial charge in [0.1, 0.15) is 0 Å².